The maximum atomic E-state index is 10.9. The summed E-state index contributed by atoms with van der Waals surface area (Å²) in [4.78, 5) is 10.9. The standard InChI is InChI=1S/C13H9ClO2/c14-12-7-4-8-13(11(12)9-15)16-10-5-2-1-3-6-10/h1-9H. The lowest BCUT2D eigenvalue weighted by Crippen LogP contribution is -1.90. The second-order valence-electron chi connectivity index (χ2n) is 3.18. The summed E-state index contributed by atoms with van der Waals surface area (Å²) in [6.07, 6.45) is 0.695. The summed E-state index contributed by atoms with van der Waals surface area (Å²) in [6, 6.07) is 14.4. The molecule has 0 unspecified atom stereocenters. The number of halogens is 1. The van der Waals surface area contributed by atoms with Crippen molar-refractivity contribution in [1.29, 1.82) is 0 Å². The molecule has 2 nitrogen and oxygen atoms in total. The first-order chi connectivity index (χ1) is 7.81. The number of hydrogen-bond donors (Lipinski definition) is 0. The summed E-state index contributed by atoms with van der Waals surface area (Å²) >= 11 is 5.88. The third-order valence-corrected chi connectivity index (χ3v) is 2.43. The van der Waals surface area contributed by atoms with Gasteiger partial charge in [0.05, 0.1) is 10.6 Å². The molecule has 0 amide bonds. The molecule has 0 saturated carbocycles. The van der Waals surface area contributed by atoms with E-state index in [0.717, 1.165) is 0 Å². The van der Waals surface area contributed by atoms with Crippen molar-refractivity contribution in [2.24, 2.45) is 0 Å². The zero-order valence-corrected chi connectivity index (χ0v) is 9.15. The van der Waals surface area contributed by atoms with Crippen LogP contribution in [-0.4, -0.2) is 6.29 Å². The van der Waals surface area contributed by atoms with Gasteiger partial charge in [-0.05, 0) is 24.3 Å². The SMILES string of the molecule is O=Cc1c(Cl)cccc1Oc1ccccc1. The molecule has 0 bridgehead atoms. The third kappa shape index (κ3) is 2.23. The predicted octanol–water partition coefficient (Wildman–Crippen LogP) is 3.94. The minimum atomic E-state index is 0.369. The van der Waals surface area contributed by atoms with Gasteiger partial charge in [-0.2, -0.15) is 0 Å². The summed E-state index contributed by atoms with van der Waals surface area (Å²) in [7, 11) is 0. The maximum absolute atomic E-state index is 10.9. The average molecular weight is 233 g/mol. The quantitative estimate of drug-likeness (QED) is 0.749. The monoisotopic (exact) mass is 232 g/mol. The fraction of sp³-hybridized carbons (Fsp3) is 0. The van der Waals surface area contributed by atoms with E-state index in [4.69, 9.17) is 16.3 Å². The molecule has 0 atom stereocenters. The Labute approximate surface area is 98.4 Å². The third-order valence-electron chi connectivity index (χ3n) is 2.10. The van der Waals surface area contributed by atoms with Crippen molar-refractivity contribution in [2.75, 3.05) is 0 Å². The lowest BCUT2D eigenvalue weighted by atomic mass is 10.2. The zero-order chi connectivity index (χ0) is 11.4. The Hall–Kier alpha value is -1.80. The smallest absolute Gasteiger partial charge is 0.155 e. The first-order valence-corrected chi connectivity index (χ1v) is 5.15. The van der Waals surface area contributed by atoms with Crippen LogP contribution in [0.5, 0.6) is 11.5 Å². The van der Waals surface area contributed by atoms with Crippen LogP contribution in [0, 0.1) is 0 Å². The number of benzene rings is 2. The average Bonchev–Trinajstić information content (AvgIpc) is 2.31. The fourth-order valence-corrected chi connectivity index (χ4v) is 1.55. The van der Waals surface area contributed by atoms with Crippen LogP contribution in [-0.2, 0) is 0 Å². The summed E-state index contributed by atoms with van der Waals surface area (Å²) in [6.45, 7) is 0. The Bertz CT molecular complexity index is 495. The molecule has 0 fully saturated rings. The maximum Gasteiger partial charge on any atom is 0.155 e. The van der Waals surface area contributed by atoms with E-state index in [2.05, 4.69) is 0 Å². The van der Waals surface area contributed by atoms with Crippen molar-refractivity contribution in [1.82, 2.24) is 0 Å². The van der Waals surface area contributed by atoms with E-state index >= 15 is 0 Å². The molecule has 0 N–H and O–H groups in total. The molecule has 80 valence electrons. The van der Waals surface area contributed by atoms with Gasteiger partial charge in [0.2, 0.25) is 0 Å². The van der Waals surface area contributed by atoms with Gasteiger partial charge in [0.15, 0.2) is 6.29 Å². The minimum absolute atomic E-state index is 0.369. The molecule has 3 heteroatoms. The number of hydrogen-bond acceptors (Lipinski definition) is 2. The van der Waals surface area contributed by atoms with Crippen molar-refractivity contribution in [3.05, 3.63) is 59.1 Å². The van der Waals surface area contributed by atoms with Crippen molar-refractivity contribution in [3.8, 4) is 11.5 Å². The highest BCUT2D eigenvalue weighted by atomic mass is 35.5. The van der Waals surface area contributed by atoms with Crippen molar-refractivity contribution in [3.63, 3.8) is 0 Å². The van der Waals surface area contributed by atoms with E-state index in [1.807, 2.05) is 30.3 Å². The van der Waals surface area contributed by atoms with Gasteiger partial charge in [0, 0.05) is 0 Å². The fourth-order valence-electron chi connectivity index (χ4n) is 1.34. The second kappa shape index (κ2) is 4.81. The van der Waals surface area contributed by atoms with E-state index in [-0.39, 0.29) is 0 Å². The molecule has 0 radical (unpaired) electrons. The number of aldehydes is 1. The van der Waals surface area contributed by atoms with Crippen LogP contribution < -0.4 is 4.74 Å². The summed E-state index contributed by atoms with van der Waals surface area (Å²) in [5.41, 5.74) is 0.369. The van der Waals surface area contributed by atoms with Crippen LogP contribution in [0.25, 0.3) is 0 Å². The van der Waals surface area contributed by atoms with E-state index in [9.17, 15) is 4.79 Å². The molecule has 2 aromatic carbocycles. The van der Waals surface area contributed by atoms with E-state index in [1.165, 1.54) is 0 Å². The second-order valence-corrected chi connectivity index (χ2v) is 3.59. The normalized spacial score (nSPS) is 9.81. The van der Waals surface area contributed by atoms with Crippen LogP contribution in [0.15, 0.2) is 48.5 Å². The van der Waals surface area contributed by atoms with E-state index in [1.54, 1.807) is 18.2 Å². The van der Waals surface area contributed by atoms with Gasteiger partial charge in [0.25, 0.3) is 0 Å². The van der Waals surface area contributed by atoms with Gasteiger partial charge in [-0.1, -0.05) is 35.9 Å². The molecule has 0 aliphatic heterocycles. The number of carbonyl (C=O) groups is 1. The highest BCUT2D eigenvalue weighted by Crippen LogP contribution is 2.28. The van der Waals surface area contributed by atoms with Gasteiger partial charge in [-0.25, -0.2) is 0 Å². The molecule has 0 heterocycles. The Morgan fingerprint density at radius 2 is 1.75 bits per heavy atom. The number of para-hydroxylation sites is 1. The first-order valence-electron chi connectivity index (χ1n) is 4.78. The Kier molecular flexibility index (Phi) is 3.22. The van der Waals surface area contributed by atoms with Crippen LogP contribution in [0.1, 0.15) is 10.4 Å². The van der Waals surface area contributed by atoms with Crippen molar-refractivity contribution >= 4 is 17.9 Å². The first kappa shape index (κ1) is 10.7. The summed E-state index contributed by atoms with van der Waals surface area (Å²) in [5, 5.41) is 0.392. The number of carbonyl (C=O) groups excluding carboxylic acids is 1. The van der Waals surface area contributed by atoms with Crippen LogP contribution in [0.3, 0.4) is 0 Å². The summed E-state index contributed by atoms with van der Waals surface area (Å²) < 4.78 is 5.57. The molecule has 2 aromatic rings. The number of ether oxygens (including phenoxy) is 1. The van der Waals surface area contributed by atoms with Crippen molar-refractivity contribution in [2.45, 2.75) is 0 Å². The van der Waals surface area contributed by atoms with Crippen LogP contribution >= 0.6 is 11.6 Å². The molecule has 16 heavy (non-hydrogen) atoms. The predicted molar refractivity (Wildman–Crippen MR) is 63.4 cm³/mol. The largest absolute Gasteiger partial charge is 0.457 e. The highest BCUT2D eigenvalue weighted by Gasteiger charge is 2.07. The van der Waals surface area contributed by atoms with Gasteiger partial charge < -0.3 is 4.74 Å². The Morgan fingerprint density at radius 3 is 2.44 bits per heavy atom. The van der Waals surface area contributed by atoms with E-state index in [0.29, 0.717) is 28.4 Å². The topological polar surface area (TPSA) is 26.3 Å². The van der Waals surface area contributed by atoms with Crippen molar-refractivity contribution < 1.29 is 9.53 Å². The Balaban J connectivity index is 2.35. The molecule has 0 aliphatic rings. The minimum Gasteiger partial charge on any atom is -0.457 e. The zero-order valence-electron chi connectivity index (χ0n) is 8.39. The van der Waals surface area contributed by atoms with E-state index < -0.39 is 0 Å². The Morgan fingerprint density at radius 1 is 1.00 bits per heavy atom. The lowest BCUT2D eigenvalue weighted by molar-refractivity contribution is 0.112. The van der Waals surface area contributed by atoms with Gasteiger partial charge in [0.1, 0.15) is 11.5 Å². The van der Waals surface area contributed by atoms with Gasteiger partial charge in [-0.3, -0.25) is 4.79 Å². The molecule has 2 rings (SSSR count). The van der Waals surface area contributed by atoms with Gasteiger partial charge >= 0.3 is 0 Å². The van der Waals surface area contributed by atoms with Gasteiger partial charge in [-0.15, -0.1) is 0 Å². The molecule has 0 aromatic heterocycles. The molecule has 0 saturated heterocycles. The lowest BCUT2D eigenvalue weighted by Gasteiger charge is -2.08. The number of rotatable bonds is 3. The molecular formula is C13H9ClO2. The molecule has 0 spiro atoms. The molecule has 0 aliphatic carbocycles. The van der Waals surface area contributed by atoms with Crippen LogP contribution in [0.4, 0.5) is 0 Å². The van der Waals surface area contributed by atoms with Crippen LogP contribution in [0.2, 0.25) is 5.02 Å². The molecular weight excluding hydrogens is 224 g/mol. The highest BCUT2D eigenvalue weighted by molar-refractivity contribution is 6.33. The summed E-state index contributed by atoms with van der Waals surface area (Å²) in [5.74, 6) is 1.14.